The Hall–Kier alpha value is -2.48. The summed E-state index contributed by atoms with van der Waals surface area (Å²) in [6, 6.07) is 1.06. The molecule has 1 aromatic carbocycles. The number of esters is 1. The van der Waals surface area contributed by atoms with Gasteiger partial charge >= 0.3 is 5.97 Å². The predicted molar refractivity (Wildman–Crippen MR) is 102 cm³/mol. The van der Waals surface area contributed by atoms with E-state index in [2.05, 4.69) is 5.32 Å². The van der Waals surface area contributed by atoms with Gasteiger partial charge in [0.1, 0.15) is 17.1 Å². The Bertz CT molecular complexity index is 1010. The number of pyridine rings is 1. The Morgan fingerprint density at radius 2 is 1.96 bits per heavy atom. The summed E-state index contributed by atoms with van der Waals surface area (Å²) in [5, 5.41) is 3.04. The molecule has 1 saturated heterocycles. The molecule has 0 radical (unpaired) electrons. The number of halogens is 2. The van der Waals surface area contributed by atoms with Crippen LogP contribution < -0.4 is 15.6 Å². The van der Waals surface area contributed by atoms with Crippen LogP contribution in [0.2, 0.25) is 0 Å². The summed E-state index contributed by atoms with van der Waals surface area (Å²) >= 11 is 0. The molecule has 0 bridgehead atoms. The maximum atomic E-state index is 15.6. The van der Waals surface area contributed by atoms with E-state index in [1.54, 1.807) is 23.3 Å². The van der Waals surface area contributed by atoms with E-state index in [9.17, 15) is 14.0 Å². The second kappa shape index (κ2) is 7.16. The van der Waals surface area contributed by atoms with Crippen molar-refractivity contribution in [1.29, 1.82) is 0 Å². The maximum Gasteiger partial charge on any atom is 0.343 e. The predicted octanol–water partition coefficient (Wildman–Crippen LogP) is 2.51. The van der Waals surface area contributed by atoms with Crippen molar-refractivity contribution in [3.8, 4) is 0 Å². The molecule has 8 heteroatoms. The van der Waals surface area contributed by atoms with Crippen LogP contribution in [0.3, 0.4) is 0 Å². The van der Waals surface area contributed by atoms with Crippen molar-refractivity contribution in [2.45, 2.75) is 32.7 Å². The van der Waals surface area contributed by atoms with Crippen molar-refractivity contribution in [2.75, 3.05) is 37.7 Å². The van der Waals surface area contributed by atoms with Gasteiger partial charge in [0.2, 0.25) is 5.43 Å². The molecule has 2 aromatic rings. The molecule has 2 aliphatic rings. The number of aromatic nitrogens is 1. The van der Waals surface area contributed by atoms with E-state index in [0.717, 1.165) is 18.9 Å². The number of hydrogen-bond acceptors (Lipinski definition) is 5. The van der Waals surface area contributed by atoms with Gasteiger partial charge < -0.3 is 19.5 Å². The molecule has 0 atom stereocenters. The molecule has 0 amide bonds. The number of nitrogens with one attached hydrogen (secondary N) is 1. The van der Waals surface area contributed by atoms with Crippen molar-refractivity contribution in [1.82, 2.24) is 9.88 Å². The molecule has 2 fully saturated rings. The average molecular weight is 391 g/mol. The van der Waals surface area contributed by atoms with Crippen LogP contribution in [-0.4, -0.2) is 43.3 Å². The highest BCUT2D eigenvalue weighted by Gasteiger charge is 2.33. The lowest BCUT2D eigenvalue weighted by atomic mass is 10.0. The van der Waals surface area contributed by atoms with Gasteiger partial charge in [-0.15, -0.1) is 0 Å². The average Bonchev–Trinajstić information content (AvgIpc) is 3.49. The van der Waals surface area contributed by atoms with Crippen LogP contribution in [0.4, 0.5) is 14.5 Å². The Balaban J connectivity index is 2.02. The first-order chi connectivity index (χ1) is 13.5. The fourth-order valence-electron chi connectivity index (χ4n) is 4.01. The summed E-state index contributed by atoms with van der Waals surface area (Å²) < 4.78 is 37.2. The number of hydrogen-bond donors (Lipinski definition) is 1. The third kappa shape index (κ3) is 2.96. The largest absolute Gasteiger partial charge is 0.462 e. The minimum absolute atomic E-state index is 0.00731. The van der Waals surface area contributed by atoms with Gasteiger partial charge in [-0.1, -0.05) is 0 Å². The van der Waals surface area contributed by atoms with Crippen LogP contribution in [0.1, 0.15) is 41.9 Å². The van der Waals surface area contributed by atoms with Gasteiger partial charge in [0.25, 0.3) is 0 Å². The van der Waals surface area contributed by atoms with Gasteiger partial charge in [0, 0.05) is 37.9 Å². The first-order valence-corrected chi connectivity index (χ1v) is 9.65. The lowest BCUT2D eigenvalue weighted by Gasteiger charge is -2.30. The highest BCUT2D eigenvalue weighted by atomic mass is 19.1. The van der Waals surface area contributed by atoms with E-state index in [1.807, 2.05) is 0 Å². The number of nitrogens with zero attached hydrogens (tertiary/aromatic N) is 2. The molecule has 0 spiro atoms. The van der Waals surface area contributed by atoms with Crippen molar-refractivity contribution in [3.05, 3.63) is 39.2 Å². The summed E-state index contributed by atoms with van der Waals surface area (Å²) in [6.07, 6.45) is 1.64. The molecule has 1 aromatic heterocycles. The highest BCUT2D eigenvalue weighted by molar-refractivity contribution is 5.96. The zero-order valence-corrected chi connectivity index (χ0v) is 16.0. The van der Waals surface area contributed by atoms with E-state index in [4.69, 9.17) is 4.74 Å². The molecular weight excluding hydrogens is 368 g/mol. The second-order valence-corrected chi connectivity index (χ2v) is 7.27. The lowest BCUT2D eigenvalue weighted by molar-refractivity contribution is 0.0523. The zero-order chi connectivity index (χ0) is 20.0. The van der Waals surface area contributed by atoms with Crippen LogP contribution in [0.5, 0.6) is 0 Å². The fraction of sp³-hybridized carbons (Fsp3) is 0.500. The van der Waals surface area contributed by atoms with Crippen LogP contribution in [-0.2, 0) is 4.74 Å². The molecule has 1 N–H and O–H groups in total. The van der Waals surface area contributed by atoms with E-state index >= 15 is 4.39 Å². The summed E-state index contributed by atoms with van der Waals surface area (Å²) in [5.41, 5.74) is -0.489. The van der Waals surface area contributed by atoms with E-state index in [-0.39, 0.29) is 34.8 Å². The number of ether oxygens (including phenoxy) is 1. The van der Waals surface area contributed by atoms with Crippen molar-refractivity contribution >= 4 is 22.6 Å². The Kier molecular flexibility index (Phi) is 4.82. The van der Waals surface area contributed by atoms with Crippen LogP contribution in [0, 0.1) is 18.6 Å². The standard InChI is InChI=1S/C20H23F2N3O3/c1-3-28-20(27)15-11(2)25(12-4-5-12)17-13(19(15)26)10-14(21)18(16(17)22)24-8-6-23-7-9-24/h10,12,23H,3-9H2,1-2H3. The number of rotatable bonds is 4. The monoisotopic (exact) mass is 391 g/mol. The Labute approximate surface area is 161 Å². The zero-order valence-electron chi connectivity index (χ0n) is 16.0. The van der Waals surface area contributed by atoms with Crippen LogP contribution >= 0.6 is 0 Å². The lowest BCUT2D eigenvalue weighted by Crippen LogP contribution is -2.44. The van der Waals surface area contributed by atoms with E-state index in [0.29, 0.717) is 31.9 Å². The maximum absolute atomic E-state index is 15.6. The number of fused-ring (bicyclic) bond motifs is 1. The first kappa shape index (κ1) is 18.9. The van der Waals surface area contributed by atoms with Crippen molar-refractivity contribution in [2.24, 2.45) is 0 Å². The number of carbonyl (C=O) groups excluding carboxylic acids is 1. The number of carbonyl (C=O) groups is 1. The Morgan fingerprint density at radius 3 is 2.57 bits per heavy atom. The number of benzene rings is 1. The minimum atomic E-state index is -0.787. The quantitative estimate of drug-likeness (QED) is 0.812. The van der Waals surface area contributed by atoms with Crippen LogP contribution in [0.15, 0.2) is 10.9 Å². The second-order valence-electron chi connectivity index (χ2n) is 7.27. The summed E-state index contributed by atoms with van der Waals surface area (Å²) in [6.45, 7) is 5.61. The van der Waals surface area contributed by atoms with Crippen molar-refractivity contribution < 1.29 is 18.3 Å². The third-order valence-electron chi connectivity index (χ3n) is 5.43. The summed E-state index contributed by atoms with van der Waals surface area (Å²) in [5.74, 6) is -2.28. The minimum Gasteiger partial charge on any atom is -0.462 e. The van der Waals surface area contributed by atoms with E-state index < -0.39 is 23.0 Å². The molecule has 1 aliphatic heterocycles. The molecule has 2 heterocycles. The smallest absolute Gasteiger partial charge is 0.343 e. The molecular formula is C20H23F2N3O3. The topological polar surface area (TPSA) is 63.6 Å². The molecule has 150 valence electrons. The SMILES string of the molecule is CCOC(=O)c1c(C)n(C2CC2)c2c(F)c(N3CCNCC3)c(F)cc2c1=O. The molecule has 4 rings (SSSR count). The first-order valence-electron chi connectivity index (χ1n) is 9.65. The summed E-state index contributed by atoms with van der Waals surface area (Å²) in [4.78, 5) is 27.0. The molecule has 0 unspecified atom stereocenters. The van der Waals surface area contributed by atoms with Gasteiger partial charge in [-0.05, 0) is 32.8 Å². The summed E-state index contributed by atoms with van der Waals surface area (Å²) in [7, 11) is 0. The van der Waals surface area contributed by atoms with Gasteiger partial charge in [0.05, 0.1) is 17.5 Å². The third-order valence-corrected chi connectivity index (χ3v) is 5.43. The van der Waals surface area contributed by atoms with E-state index in [1.165, 1.54) is 0 Å². The number of piperazine rings is 1. The normalized spacial score (nSPS) is 17.2. The van der Waals surface area contributed by atoms with Gasteiger partial charge in [-0.2, -0.15) is 0 Å². The number of anilines is 1. The van der Waals surface area contributed by atoms with Crippen LogP contribution in [0.25, 0.3) is 10.9 Å². The molecule has 1 saturated carbocycles. The highest BCUT2D eigenvalue weighted by Crippen LogP contribution is 2.41. The van der Waals surface area contributed by atoms with Crippen molar-refractivity contribution in [3.63, 3.8) is 0 Å². The molecule has 6 nitrogen and oxygen atoms in total. The van der Waals surface area contributed by atoms with Gasteiger partial charge in [-0.25, -0.2) is 13.6 Å². The fourth-order valence-corrected chi connectivity index (χ4v) is 4.01. The molecule has 1 aliphatic carbocycles. The van der Waals surface area contributed by atoms with Gasteiger partial charge in [0.15, 0.2) is 5.82 Å². The van der Waals surface area contributed by atoms with Gasteiger partial charge in [-0.3, -0.25) is 4.79 Å². The Morgan fingerprint density at radius 1 is 1.29 bits per heavy atom. The molecule has 28 heavy (non-hydrogen) atoms.